The molecule has 2 rings (SSSR count). The number of rotatable bonds is 6. The molecule has 0 spiro atoms. The summed E-state index contributed by atoms with van der Waals surface area (Å²) in [7, 11) is 3.07. The highest BCUT2D eigenvalue weighted by atomic mass is 16.5. The second-order valence-corrected chi connectivity index (χ2v) is 5.22. The van der Waals surface area contributed by atoms with Crippen molar-refractivity contribution in [2.45, 2.75) is 12.8 Å². The summed E-state index contributed by atoms with van der Waals surface area (Å²) >= 11 is 0. The first kappa shape index (κ1) is 17.1. The second-order valence-electron chi connectivity index (χ2n) is 5.22. The molecule has 1 saturated heterocycles. The summed E-state index contributed by atoms with van der Waals surface area (Å²) < 4.78 is 15.5. The number of anilines is 1. The highest BCUT2D eigenvalue weighted by Gasteiger charge is 2.21. The van der Waals surface area contributed by atoms with Gasteiger partial charge in [-0.3, -0.25) is 9.59 Å². The zero-order chi connectivity index (χ0) is 16.7. The van der Waals surface area contributed by atoms with E-state index in [1.807, 2.05) is 0 Å². The maximum absolute atomic E-state index is 12.0. The molecule has 1 heterocycles. The molecule has 126 valence electrons. The number of nitrogens with one attached hydrogen (secondary N) is 2. The molecule has 1 aliphatic rings. The molecule has 7 heteroatoms. The third kappa shape index (κ3) is 4.85. The number of methoxy groups -OCH3 is 2. The molecule has 23 heavy (non-hydrogen) atoms. The van der Waals surface area contributed by atoms with Crippen molar-refractivity contribution in [1.29, 1.82) is 0 Å². The first-order valence-electron chi connectivity index (χ1n) is 7.51. The number of carbonyl (C=O) groups excluding carboxylic acids is 2. The molecule has 0 bridgehead atoms. The largest absolute Gasteiger partial charge is 0.493 e. The predicted molar refractivity (Wildman–Crippen MR) is 84.7 cm³/mol. The van der Waals surface area contributed by atoms with Crippen LogP contribution in [0, 0.1) is 5.92 Å². The summed E-state index contributed by atoms with van der Waals surface area (Å²) in [6.45, 7) is 1.12. The topological polar surface area (TPSA) is 85.9 Å². The number of ether oxygens (including phenoxy) is 3. The highest BCUT2D eigenvalue weighted by Crippen LogP contribution is 2.29. The lowest BCUT2D eigenvalue weighted by atomic mass is 9.99. The van der Waals surface area contributed by atoms with Gasteiger partial charge in [0.2, 0.25) is 11.8 Å². The maximum Gasteiger partial charge on any atom is 0.243 e. The quantitative estimate of drug-likeness (QED) is 0.821. The van der Waals surface area contributed by atoms with E-state index in [0.29, 0.717) is 43.2 Å². The molecule has 1 aromatic rings. The van der Waals surface area contributed by atoms with Crippen LogP contribution in [-0.2, 0) is 14.3 Å². The smallest absolute Gasteiger partial charge is 0.243 e. The fourth-order valence-corrected chi connectivity index (χ4v) is 2.39. The molecule has 1 aliphatic heterocycles. The normalized spacial score (nSPS) is 14.9. The minimum Gasteiger partial charge on any atom is -0.493 e. The van der Waals surface area contributed by atoms with Crippen LogP contribution in [0.15, 0.2) is 18.2 Å². The SMILES string of the molecule is COc1ccc(NC(=O)CNC(=O)C2CCOCC2)cc1OC. The number of benzene rings is 1. The molecular weight excluding hydrogens is 300 g/mol. The number of amides is 2. The van der Waals surface area contributed by atoms with E-state index in [1.54, 1.807) is 25.3 Å². The Balaban J connectivity index is 1.83. The fraction of sp³-hybridized carbons (Fsp3) is 0.500. The zero-order valence-corrected chi connectivity index (χ0v) is 13.4. The summed E-state index contributed by atoms with van der Waals surface area (Å²) in [6.07, 6.45) is 1.40. The minimum atomic E-state index is -0.294. The lowest BCUT2D eigenvalue weighted by molar-refractivity contribution is -0.129. The van der Waals surface area contributed by atoms with Crippen LogP contribution in [0.3, 0.4) is 0 Å². The average molecular weight is 322 g/mol. The van der Waals surface area contributed by atoms with E-state index in [1.165, 1.54) is 7.11 Å². The summed E-state index contributed by atoms with van der Waals surface area (Å²) in [6, 6.07) is 5.08. The molecule has 2 N–H and O–H groups in total. The van der Waals surface area contributed by atoms with Crippen LogP contribution in [0.25, 0.3) is 0 Å². The third-order valence-electron chi connectivity index (χ3n) is 3.68. The van der Waals surface area contributed by atoms with Gasteiger partial charge in [-0.2, -0.15) is 0 Å². The molecule has 1 aromatic carbocycles. The van der Waals surface area contributed by atoms with E-state index in [2.05, 4.69) is 10.6 Å². The van der Waals surface area contributed by atoms with Gasteiger partial charge in [0.25, 0.3) is 0 Å². The van der Waals surface area contributed by atoms with Crippen molar-refractivity contribution in [2.24, 2.45) is 5.92 Å². The summed E-state index contributed by atoms with van der Waals surface area (Å²) in [5, 5.41) is 5.37. The van der Waals surface area contributed by atoms with E-state index >= 15 is 0 Å². The van der Waals surface area contributed by atoms with Gasteiger partial charge >= 0.3 is 0 Å². The van der Waals surface area contributed by atoms with E-state index < -0.39 is 0 Å². The Morgan fingerprint density at radius 3 is 2.52 bits per heavy atom. The minimum absolute atomic E-state index is 0.0649. The lowest BCUT2D eigenvalue weighted by Crippen LogP contribution is -2.38. The van der Waals surface area contributed by atoms with Crippen molar-refractivity contribution >= 4 is 17.5 Å². The average Bonchev–Trinajstić information content (AvgIpc) is 2.60. The molecule has 0 aromatic heterocycles. The molecule has 7 nitrogen and oxygen atoms in total. The van der Waals surface area contributed by atoms with E-state index in [-0.39, 0.29) is 24.3 Å². The fourth-order valence-electron chi connectivity index (χ4n) is 2.39. The Hall–Kier alpha value is -2.28. The van der Waals surface area contributed by atoms with Crippen LogP contribution >= 0.6 is 0 Å². The zero-order valence-electron chi connectivity index (χ0n) is 13.4. The van der Waals surface area contributed by atoms with E-state index in [0.717, 1.165) is 0 Å². The molecule has 0 saturated carbocycles. The van der Waals surface area contributed by atoms with Crippen LogP contribution in [0.5, 0.6) is 11.5 Å². The van der Waals surface area contributed by atoms with Gasteiger partial charge < -0.3 is 24.8 Å². The van der Waals surface area contributed by atoms with Crippen LogP contribution in [0.1, 0.15) is 12.8 Å². The van der Waals surface area contributed by atoms with Crippen molar-refractivity contribution < 1.29 is 23.8 Å². The van der Waals surface area contributed by atoms with Crippen LogP contribution in [0.2, 0.25) is 0 Å². The molecule has 0 atom stereocenters. The number of hydrogen-bond acceptors (Lipinski definition) is 5. The van der Waals surface area contributed by atoms with Gasteiger partial charge in [0.15, 0.2) is 11.5 Å². The first-order chi connectivity index (χ1) is 11.1. The predicted octanol–water partition coefficient (Wildman–Crippen LogP) is 1.19. The van der Waals surface area contributed by atoms with Gasteiger partial charge in [-0.1, -0.05) is 0 Å². The molecule has 0 aliphatic carbocycles. The molecule has 0 unspecified atom stereocenters. The van der Waals surface area contributed by atoms with Crippen molar-refractivity contribution in [2.75, 3.05) is 39.3 Å². The van der Waals surface area contributed by atoms with Gasteiger partial charge in [0.05, 0.1) is 20.8 Å². The summed E-state index contributed by atoms with van der Waals surface area (Å²) in [5.41, 5.74) is 0.577. The Bertz CT molecular complexity index is 555. The third-order valence-corrected chi connectivity index (χ3v) is 3.68. The number of carbonyl (C=O) groups is 2. The Morgan fingerprint density at radius 2 is 1.87 bits per heavy atom. The Kier molecular flexibility index (Phi) is 6.22. The van der Waals surface area contributed by atoms with Crippen LogP contribution in [0.4, 0.5) is 5.69 Å². The highest BCUT2D eigenvalue weighted by molar-refractivity contribution is 5.95. The van der Waals surface area contributed by atoms with Crippen molar-refractivity contribution in [3.05, 3.63) is 18.2 Å². The summed E-state index contributed by atoms with van der Waals surface area (Å²) in [5.74, 6) is 0.640. The molecule has 1 fully saturated rings. The molecule has 0 radical (unpaired) electrons. The molecular formula is C16H22N2O5. The second kappa shape index (κ2) is 8.38. The number of hydrogen-bond donors (Lipinski definition) is 2. The van der Waals surface area contributed by atoms with Gasteiger partial charge in [-0.15, -0.1) is 0 Å². The lowest BCUT2D eigenvalue weighted by Gasteiger charge is -2.21. The van der Waals surface area contributed by atoms with Gasteiger partial charge in [-0.25, -0.2) is 0 Å². The van der Waals surface area contributed by atoms with Gasteiger partial charge in [-0.05, 0) is 25.0 Å². The van der Waals surface area contributed by atoms with Crippen LogP contribution < -0.4 is 20.1 Å². The van der Waals surface area contributed by atoms with Gasteiger partial charge in [0, 0.05) is 30.9 Å². The van der Waals surface area contributed by atoms with Crippen molar-refractivity contribution in [1.82, 2.24) is 5.32 Å². The van der Waals surface area contributed by atoms with Crippen molar-refractivity contribution in [3.8, 4) is 11.5 Å². The van der Waals surface area contributed by atoms with Crippen LogP contribution in [-0.4, -0.2) is 45.8 Å². The first-order valence-corrected chi connectivity index (χ1v) is 7.51. The van der Waals surface area contributed by atoms with E-state index in [9.17, 15) is 9.59 Å². The van der Waals surface area contributed by atoms with Crippen molar-refractivity contribution in [3.63, 3.8) is 0 Å². The van der Waals surface area contributed by atoms with E-state index in [4.69, 9.17) is 14.2 Å². The Labute approximate surface area is 135 Å². The van der Waals surface area contributed by atoms with Gasteiger partial charge in [0.1, 0.15) is 0 Å². The maximum atomic E-state index is 12.0. The Morgan fingerprint density at radius 1 is 1.17 bits per heavy atom. The summed E-state index contributed by atoms with van der Waals surface area (Å²) in [4.78, 5) is 23.9. The molecule has 2 amide bonds. The monoisotopic (exact) mass is 322 g/mol. The standard InChI is InChI=1S/C16H22N2O5/c1-21-13-4-3-12(9-14(13)22-2)18-15(19)10-17-16(20)11-5-7-23-8-6-11/h3-4,9,11H,5-8,10H2,1-2H3,(H,17,20)(H,18,19).